The summed E-state index contributed by atoms with van der Waals surface area (Å²) in [5.74, 6) is 0.811. The van der Waals surface area contributed by atoms with Gasteiger partial charge in [-0.25, -0.2) is 4.68 Å². The van der Waals surface area contributed by atoms with Crippen LogP contribution in [0, 0.1) is 0 Å². The number of carbonyl (C=O) groups excluding carboxylic acids is 1. The summed E-state index contributed by atoms with van der Waals surface area (Å²) in [4.78, 5) is 14.5. The van der Waals surface area contributed by atoms with Crippen LogP contribution in [0.3, 0.4) is 0 Å². The molecule has 0 radical (unpaired) electrons. The van der Waals surface area contributed by atoms with Gasteiger partial charge in [-0.2, -0.15) is 5.10 Å². The molecule has 1 fully saturated rings. The zero-order chi connectivity index (χ0) is 20.1. The fourth-order valence-corrected chi connectivity index (χ4v) is 3.65. The quantitative estimate of drug-likeness (QED) is 0.603. The number of piperidine rings is 1. The number of amides is 1. The predicted molar refractivity (Wildman–Crippen MR) is 115 cm³/mol. The first-order chi connectivity index (χ1) is 14.3. The molecule has 0 N–H and O–H groups in total. The molecule has 2 aromatic carbocycles. The van der Waals surface area contributed by atoms with Crippen molar-refractivity contribution in [2.45, 2.75) is 19.3 Å². The highest BCUT2D eigenvalue weighted by atomic mass is 16.5. The Morgan fingerprint density at radius 2 is 1.72 bits per heavy atom. The Labute approximate surface area is 171 Å². The van der Waals surface area contributed by atoms with Gasteiger partial charge in [0.25, 0.3) is 0 Å². The fraction of sp³-hybridized carbons (Fsp3) is 0.250. The van der Waals surface area contributed by atoms with Gasteiger partial charge in [0, 0.05) is 36.5 Å². The highest BCUT2D eigenvalue weighted by molar-refractivity contribution is 5.93. The van der Waals surface area contributed by atoms with Gasteiger partial charge >= 0.3 is 0 Å². The Morgan fingerprint density at radius 1 is 1.00 bits per heavy atom. The van der Waals surface area contributed by atoms with Gasteiger partial charge in [0.2, 0.25) is 5.91 Å². The Balaban J connectivity index is 1.72. The van der Waals surface area contributed by atoms with Gasteiger partial charge in [-0.15, -0.1) is 0 Å². The largest absolute Gasteiger partial charge is 0.496 e. The van der Waals surface area contributed by atoms with Gasteiger partial charge in [0.1, 0.15) is 11.4 Å². The van der Waals surface area contributed by atoms with Crippen LogP contribution in [0.5, 0.6) is 5.75 Å². The van der Waals surface area contributed by atoms with Crippen molar-refractivity contribution in [2.24, 2.45) is 0 Å². The number of hydrogen-bond acceptors (Lipinski definition) is 3. The standard InChI is InChI=1S/C24H25N3O2/c1-29-22-13-7-6-12-21(22)24-19(14-15-23(28)26-16-8-3-9-17-26)18-27(25-24)20-10-4-2-5-11-20/h2,4-7,10-15,18H,3,8-9,16-17H2,1H3/b15-14+. The van der Waals surface area contributed by atoms with E-state index in [1.54, 1.807) is 13.2 Å². The third-order valence-corrected chi connectivity index (χ3v) is 5.20. The third kappa shape index (κ3) is 4.24. The number of likely N-dealkylation sites (tertiary alicyclic amines) is 1. The van der Waals surface area contributed by atoms with Crippen LogP contribution < -0.4 is 4.74 Å². The maximum atomic E-state index is 12.6. The van der Waals surface area contributed by atoms with E-state index in [-0.39, 0.29) is 5.91 Å². The van der Waals surface area contributed by atoms with Gasteiger partial charge in [0.05, 0.1) is 12.8 Å². The second kappa shape index (κ2) is 8.78. The normalized spacial score (nSPS) is 14.3. The van der Waals surface area contributed by atoms with Crippen LogP contribution in [-0.2, 0) is 4.79 Å². The molecule has 29 heavy (non-hydrogen) atoms. The lowest BCUT2D eigenvalue weighted by atomic mass is 10.1. The Kier molecular flexibility index (Phi) is 5.75. The smallest absolute Gasteiger partial charge is 0.246 e. The minimum absolute atomic E-state index is 0.0585. The van der Waals surface area contributed by atoms with Gasteiger partial charge in [-0.1, -0.05) is 30.3 Å². The molecular formula is C24H25N3O2. The maximum absolute atomic E-state index is 12.6. The summed E-state index contributed by atoms with van der Waals surface area (Å²) in [5.41, 5.74) is 3.53. The average molecular weight is 387 g/mol. The second-order valence-corrected chi connectivity index (χ2v) is 7.13. The van der Waals surface area contributed by atoms with Crippen molar-refractivity contribution in [2.75, 3.05) is 20.2 Å². The third-order valence-electron chi connectivity index (χ3n) is 5.20. The molecule has 2 heterocycles. The highest BCUT2D eigenvalue weighted by Gasteiger charge is 2.17. The Hall–Kier alpha value is -3.34. The molecule has 1 aromatic heterocycles. The van der Waals surface area contributed by atoms with Crippen LogP contribution in [0.1, 0.15) is 24.8 Å². The first-order valence-corrected chi connectivity index (χ1v) is 10.0. The lowest BCUT2D eigenvalue weighted by Crippen LogP contribution is -2.34. The first kappa shape index (κ1) is 19.0. The summed E-state index contributed by atoms with van der Waals surface area (Å²) in [7, 11) is 1.66. The topological polar surface area (TPSA) is 47.4 Å². The number of methoxy groups -OCH3 is 1. The van der Waals surface area contributed by atoms with E-state index in [1.165, 1.54) is 6.42 Å². The summed E-state index contributed by atoms with van der Waals surface area (Å²) < 4.78 is 7.38. The maximum Gasteiger partial charge on any atom is 0.246 e. The molecule has 0 aliphatic carbocycles. The minimum atomic E-state index is 0.0585. The zero-order valence-corrected chi connectivity index (χ0v) is 16.6. The van der Waals surface area contributed by atoms with Crippen LogP contribution >= 0.6 is 0 Å². The summed E-state index contributed by atoms with van der Waals surface area (Å²) in [6.07, 6.45) is 8.85. The van der Waals surface area contributed by atoms with E-state index in [2.05, 4.69) is 0 Å². The van der Waals surface area contributed by atoms with Crippen LogP contribution in [0.25, 0.3) is 23.0 Å². The number of aromatic nitrogens is 2. The van der Waals surface area contributed by atoms with Crippen molar-refractivity contribution in [3.05, 3.63) is 72.4 Å². The number of hydrogen-bond donors (Lipinski definition) is 0. The average Bonchev–Trinajstić information content (AvgIpc) is 3.22. The van der Waals surface area contributed by atoms with Gasteiger partial charge in [-0.05, 0) is 49.6 Å². The molecule has 1 aliphatic heterocycles. The first-order valence-electron chi connectivity index (χ1n) is 10.0. The molecule has 0 bridgehead atoms. The predicted octanol–water partition coefficient (Wildman–Crippen LogP) is 4.57. The van der Waals surface area contributed by atoms with Crippen LogP contribution in [-0.4, -0.2) is 40.8 Å². The summed E-state index contributed by atoms with van der Waals surface area (Å²) in [6.45, 7) is 1.68. The van der Waals surface area contributed by atoms with Crippen molar-refractivity contribution < 1.29 is 9.53 Å². The van der Waals surface area contributed by atoms with Crippen molar-refractivity contribution in [1.82, 2.24) is 14.7 Å². The van der Waals surface area contributed by atoms with E-state index in [4.69, 9.17) is 9.84 Å². The van der Waals surface area contributed by atoms with Crippen molar-refractivity contribution in [1.29, 1.82) is 0 Å². The molecule has 0 atom stereocenters. The number of para-hydroxylation sites is 2. The number of carbonyl (C=O) groups is 1. The second-order valence-electron chi connectivity index (χ2n) is 7.13. The lowest BCUT2D eigenvalue weighted by molar-refractivity contribution is -0.126. The molecule has 5 nitrogen and oxygen atoms in total. The monoisotopic (exact) mass is 387 g/mol. The molecule has 4 rings (SSSR count). The van der Waals surface area contributed by atoms with E-state index in [0.717, 1.165) is 54.2 Å². The van der Waals surface area contributed by atoms with Gasteiger partial charge in [-0.3, -0.25) is 4.79 Å². The van der Waals surface area contributed by atoms with Crippen molar-refractivity contribution in [3.63, 3.8) is 0 Å². The number of rotatable bonds is 5. The van der Waals surface area contributed by atoms with E-state index < -0.39 is 0 Å². The molecule has 3 aromatic rings. The minimum Gasteiger partial charge on any atom is -0.496 e. The van der Waals surface area contributed by atoms with Gasteiger partial charge in [0.15, 0.2) is 0 Å². The van der Waals surface area contributed by atoms with Crippen LogP contribution in [0.15, 0.2) is 66.9 Å². The van der Waals surface area contributed by atoms with Crippen molar-refractivity contribution in [3.8, 4) is 22.7 Å². The molecule has 1 aliphatic rings. The summed E-state index contributed by atoms with van der Waals surface area (Å²) >= 11 is 0. The molecule has 0 saturated carbocycles. The molecule has 0 spiro atoms. The van der Waals surface area contributed by atoms with E-state index in [0.29, 0.717) is 0 Å². The summed E-state index contributed by atoms with van der Waals surface area (Å²) in [5, 5.41) is 4.81. The lowest BCUT2D eigenvalue weighted by Gasteiger charge is -2.25. The van der Waals surface area contributed by atoms with Crippen molar-refractivity contribution >= 4 is 12.0 Å². The van der Waals surface area contributed by atoms with Crippen LogP contribution in [0.4, 0.5) is 0 Å². The Morgan fingerprint density at radius 3 is 2.48 bits per heavy atom. The summed E-state index contributed by atoms with van der Waals surface area (Å²) in [6, 6.07) is 17.8. The molecule has 5 heteroatoms. The highest BCUT2D eigenvalue weighted by Crippen LogP contribution is 2.32. The fourth-order valence-electron chi connectivity index (χ4n) is 3.65. The van der Waals surface area contributed by atoms with E-state index >= 15 is 0 Å². The number of ether oxygens (including phenoxy) is 1. The molecule has 148 valence electrons. The molecule has 0 unspecified atom stereocenters. The van der Waals surface area contributed by atoms with Gasteiger partial charge < -0.3 is 9.64 Å². The number of nitrogens with zero attached hydrogens (tertiary/aromatic N) is 3. The molecule has 1 saturated heterocycles. The van der Waals surface area contributed by atoms with E-state index in [9.17, 15) is 4.79 Å². The molecule has 1 amide bonds. The zero-order valence-electron chi connectivity index (χ0n) is 16.6. The van der Waals surface area contributed by atoms with Crippen LogP contribution in [0.2, 0.25) is 0 Å². The Bertz CT molecular complexity index is 1000. The number of benzene rings is 2. The van der Waals surface area contributed by atoms with E-state index in [1.807, 2.05) is 76.5 Å². The molecular weight excluding hydrogens is 362 g/mol. The SMILES string of the molecule is COc1ccccc1-c1nn(-c2ccccc2)cc1/C=C/C(=O)N1CCCCC1.